The van der Waals surface area contributed by atoms with E-state index >= 15 is 0 Å². The summed E-state index contributed by atoms with van der Waals surface area (Å²) in [5, 5.41) is 0.976. The molecule has 0 bridgehead atoms. The molecule has 2 heterocycles. The normalized spacial score (nSPS) is 11.2. The van der Waals surface area contributed by atoms with E-state index in [0.717, 1.165) is 28.8 Å². The van der Waals surface area contributed by atoms with Crippen molar-refractivity contribution < 1.29 is 4.74 Å². The number of benzene rings is 1. The Bertz CT molecular complexity index is 911. The third-order valence-electron chi connectivity index (χ3n) is 4.03. The second-order valence-electron chi connectivity index (χ2n) is 6.66. The molecule has 0 aliphatic carbocycles. The van der Waals surface area contributed by atoms with E-state index in [1.54, 1.807) is 10.8 Å². The Morgan fingerprint density at radius 2 is 1.92 bits per heavy atom. The molecule has 0 saturated heterocycles. The van der Waals surface area contributed by atoms with Crippen molar-refractivity contribution >= 4 is 11.0 Å². The van der Waals surface area contributed by atoms with E-state index < -0.39 is 0 Å². The molecular formula is C21H24N2O2. The number of nitrogens with zero attached hydrogens (tertiary/aromatic N) is 2. The van der Waals surface area contributed by atoms with E-state index in [1.807, 2.05) is 42.5 Å². The van der Waals surface area contributed by atoms with Crippen molar-refractivity contribution in [1.82, 2.24) is 9.55 Å². The van der Waals surface area contributed by atoms with E-state index in [4.69, 9.17) is 4.74 Å². The van der Waals surface area contributed by atoms with Gasteiger partial charge in [0, 0.05) is 23.7 Å². The first-order valence-corrected chi connectivity index (χ1v) is 8.82. The van der Waals surface area contributed by atoms with Crippen molar-refractivity contribution in [3.63, 3.8) is 0 Å². The Labute approximate surface area is 148 Å². The number of hydrogen-bond donors (Lipinski definition) is 0. The first-order chi connectivity index (χ1) is 12.1. The van der Waals surface area contributed by atoms with Gasteiger partial charge in [-0.15, -0.1) is 0 Å². The Morgan fingerprint density at radius 1 is 1.16 bits per heavy atom. The van der Waals surface area contributed by atoms with Crippen molar-refractivity contribution in [3.05, 3.63) is 59.0 Å². The Hall–Kier alpha value is -2.62. The monoisotopic (exact) mass is 336 g/mol. The molecule has 4 nitrogen and oxygen atoms in total. The molecule has 0 atom stereocenters. The molecule has 2 aromatic heterocycles. The topological polar surface area (TPSA) is 44.1 Å². The SMILES string of the molecule is CCCOc1ccc(-c2cc3cccnc3n(CC(C)C)c2=O)cc1. The van der Waals surface area contributed by atoms with Crippen molar-refractivity contribution in [1.29, 1.82) is 0 Å². The molecule has 4 heteroatoms. The van der Waals surface area contributed by atoms with Crippen LogP contribution in [0.15, 0.2) is 53.5 Å². The lowest BCUT2D eigenvalue weighted by Crippen LogP contribution is -2.25. The average molecular weight is 336 g/mol. The summed E-state index contributed by atoms with van der Waals surface area (Å²) in [6.07, 6.45) is 2.71. The molecule has 0 unspecified atom stereocenters. The minimum absolute atomic E-state index is 0.00197. The predicted octanol–water partition coefficient (Wildman–Crippen LogP) is 4.51. The van der Waals surface area contributed by atoms with Gasteiger partial charge in [-0.05, 0) is 48.2 Å². The van der Waals surface area contributed by atoms with Crippen molar-refractivity contribution in [2.45, 2.75) is 33.7 Å². The molecule has 0 aliphatic rings. The molecule has 0 saturated carbocycles. The first kappa shape index (κ1) is 17.2. The van der Waals surface area contributed by atoms with Gasteiger partial charge in [0.25, 0.3) is 5.56 Å². The molecule has 3 rings (SSSR count). The Kier molecular flexibility index (Phi) is 5.17. The number of rotatable bonds is 6. The Morgan fingerprint density at radius 3 is 2.60 bits per heavy atom. The summed E-state index contributed by atoms with van der Waals surface area (Å²) in [6.45, 7) is 7.64. The smallest absolute Gasteiger partial charge is 0.260 e. The maximum atomic E-state index is 13.1. The highest BCUT2D eigenvalue weighted by Gasteiger charge is 2.13. The van der Waals surface area contributed by atoms with Crippen LogP contribution >= 0.6 is 0 Å². The van der Waals surface area contributed by atoms with Crippen molar-refractivity contribution in [2.24, 2.45) is 5.92 Å². The first-order valence-electron chi connectivity index (χ1n) is 8.82. The lowest BCUT2D eigenvalue weighted by molar-refractivity contribution is 0.317. The van der Waals surface area contributed by atoms with Gasteiger partial charge in [0.1, 0.15) is 11.4 Å². The quantitative estimate of drug-likeness (QED) is 0.665. The van der Waals surface area contributed by atoms with Crippen LogP contribution in [0.5, 0.6) is 5.75 Å². The largest absolute Gasteiger partial charge is 0.494 e. The number of fused-ring (bicyclic) bond motifs is 1. The van der Waals surface area contributed by atoms with Crippen LogP contribution in [-0.4, -0.2) is 16.2 Å². The zero-order chi connectivity index (χ0) is 17.8. The minimum Gasteiger partial charge on any atom is -0.494 e. The van der Waals surface area contributed by atoms with Crippen molar-refractivity contribution in [2.75, 3.05) is 6.61 Å². The third kappa shape index (κ3) is 3.73. The lowest BCUT2D eigenvalue weighted by atomic mass is 10.0. The Balaban J connectivity index is 2.09. The fourth-order valence-electron chi connectivity index (χ4n) is 2.90. The number of hydrogen-bond acceptors (Lipinski definition) is 3. The average Bonchev–Trinajstić information content (AvgIpc) is 2.62. The number of ether oxygens (including phenoxy) is 1. The van der Waals surface area contributed by atoms with Gasteiger partial charge in [-0.3, -0.25) is 9.36 Å². The standard InChI is InChI=1S/C21H24N2O2/c1-4-12-25-18-9-7-16(8-10-18)19-13-17-6-5-11-22-20(17)23(21(19)24)14-15(2)3/h5-11,13,15H,4,12,14H2,1-3H3. The van der Waals surface area contributed by atoms with Gasteiger partial charge in [-0.25, -0.2) is 4.98 Å². The van der Waals surface area contributed by atoms with Gasteiger partial charge in [0.05, 0.1) is 6.61 Å². The summed E-state index contributed by atoms with van der Waals surface area (Å²) in [6, 6.07) is 13.6. The molecule has 0 radical (unpaired) electrons. The highest BCUT2D eigenvalue weighted by atomic mass is 16.5. The number of pyridine rings is 2. The molecule has 0 N–H and O–H groups in total. The van der Waals surface area contributed by atoms with Gasteiger partial charge in [-0.2, -0.15) is 0 Å². The van der Waals surface area contributed by atoms with Gasteiger partial charge in [-0.1, -0.05) is 32.9 Å². The van der Waals surface area contributed by atoms with E-state index in [2.05, 4.69) is 25.8 Å². The molecule has 0 fully saturated rings. The van der Waals surface area contributed by atoms with Crippen LogP contribution < -0.4 is 10.3 Å². The van der Waals surface area contributed by atoms with Crippen LogP contribution in [0.25, 0.3) is 22.2 Å². The van der Waals surface area contributed by atoms with Crippen LogP contribution in [0.2, 0.25) is 0 Å². The molecule has 0 aliphatic heterocycles. The van der Waals surface area contributed by atoms with Crippen molar-refractivity contribution in [3.8, 4) is 16.9 Å². The lowest BCUT2D eigenvalue weighted by Gasteiger charge is -2.14. The predicted molar refractivity (Wildman–Crippen MR) is 102 cm³/mol. The molecule has 0 amide bonds. The number of aromatic nitrogens is 2. The van der Waals surface area contributed by atoms with E-state index in [-0.39, 0.29) is 5.56 Å². The van der Waals surface area contributed by atoms with Crippen LogP contribution in [0.1, 0.15) is 27.2 Å². The molecule has 1 aromatic carbocycles. The molecule has 130 valence electrons. The minimum atomic E-state index is 0.00197. The fraction of sp³-hybridized carbons (Fsp3) is 0.333. The second-order valence-corrected chi connectivity index (χ2v) is 6.66. The maximum Gasteiger partial charge on any atom is 0.260 e. The molecular weight excluding hydrogens is 312 g/mol. The second kappa shape index (κ2) is 7.51. The summed E-state index contributed by atoms with van der Waals surface area (Å²) in [5.74, 6) is 1.19. The van der Waals surface area contributed by atoms with Crippen LogP contribution in [-0.2, 0) is 6.54 Å². The third-order valence-corrected chi connectivity index (χ3v) is 4.03. The van der Waals surface area contributed by atoms with Gasteiger partial charge in [0.15, 0.2) is 0 Å². The van der Waals surface area contributed by atoms with Crippen LogP contribution in [0.4, 0.5) is 0 Å². The zero-order valence-electron chi connectivity index (χ0n) is 15.0. The summed E-state index contributed by atoms with van der Waals surface area (Å²) in [5.41, 5.74) is 2.34. The molecule has 3 aromatic rings. The van der Waals surface area contributed by atoms with E-state index in [9.17, 15) is 4.79 Å². The zero-order valence-corrected chi connectivity index (χ0v) is 15.0. The summed E-state index contributed by atoms with van der Waals surface area (Å²) >= 11 is 0. The maximum absolute atomic E-state index is 13.1. The molecule has 25 heavy (non-hydrogen) atoms. The molecule has 0 spiro atoms. The van der Waals surface area contributed by atoms with Gasteiger partial charge >= 0.3 is 0 Å². The highest BCUT2D eigenvalue weighted by molar-refractivity contribution is 5.81. The summed E-state index contributed by atoms with van der Waals surface area (Å²) < 4.78 is 7.42. The van der Waals surface area contributed by atoms with Gasteiger partial charge < -0.3 is 4.74 Å². The van der Waals surface area contributed by atoms with E-state index in [0.29, 0.717) is 24.6 Å². The summed E-state index contributed by atoms with van der Waals surface area (Å²) in [4.78, 5) is 17.5. The fourth-order valence-corrected chi connectivity index (χ4v) is 2.90. The van der Waals surface area contributed by atoms with Gasteiger partial charge in [0.2, 0.25) is 0 Å². The van der Waals surface area contributed by atoms with E-state index in [1.165, 1.54) is 0 Å². The van der Waals surface area contributed by atoms with Crippen LogP contribution in [0, 0.1) is 5.92 Å². The van der Waals surface area contributed by atoms with Crippen LogP contribution in [0.3, 0.4) is 0 Å². The highest BCUT2D eigenvalue weighted by Crippen LogP contribution is 2.23. The summed E-state index contributed by atoms with van der Waals surface area (Å²) in [7, 11) is 0.